The monoisotopic (exact) mass is 312 g/mol. The number of hydrogen-bond acceptors (Lipinski definition) is 3. The second-order valence-electron chi connectivity index (χ2n) is 4.94. The molecule has 4 nitrogen and oxygen atoms in total. The average Bonchev–Trinajstić information content (AvgIpc) is 2.23. The highest BCUT2D eigenvalue weighted by molar-refractivity contribution is 9.10. The summed E-state index contributed by atoms with van der Waals surface area (Å²) in [5, 5.41) is 14.2. The minimum absolute atomic E-state index is 0.137. The standard InChI is InChI=1S/C13H17BrN2O2/c1-9(11-3-2-4-11)15-8-10-5-12(14)7-13(6-10)16(17)18/h5-7,9,11,15H,2-4,8H2,1H3. The van der Waals surface area contributed by atoms with E-state index in [4.69, 9.17) is 0 Å². The number of non-ortho nitro benzene ring substituents is 1. The molecule has 0 aliphatic heterocycles. The lowest BCUT2D eigenvalue weighted by atomic mass is 9.80. The number of rotatable bonds is 5. The zero-order chi connectivity index (χ0) is 13.1. The third-order valence-corrected chi connectivity index (χ3v) is 4.10. The predicted octanol–water partition coefficient (Wildman–Crippen LogP) is 3.64. The van der Waals surface area contributed by atoms with Gasteiger partial charge in [-0.1, -0.05) is 22.4 Å². The normalized spacial score (nSPS) is 17.2. The molecule has 0 radical (unpaired) electrons. The van der Waals surface area contributed by atoms with Crippen LogP contribution in [-0.4, -0.2) is 11.0 Å². The first-order valence-corrected chi connectivity index (χ1v) is 7.03. The van der Waals surface area contributed by atoms with Crippen LogP contribution in [0.3, 0.4) is 0 Å². The molecular formula is C13H17BrN2O2. The van der Waals surface area contributed by atoms with E-state index in [1.165, 1.54) is 25.3 Å². The van der Waals surface area contributed by atoms with Gasteiger partial charge in [-0.05, 0) is 37.3 Å². The Morgan fingerprint density at radius 3 is 2.78 bits per heavy atom. The molecule has 1 unspecified atom stereocenters. The highest BCUT2D eigenvalue weighted by atomic mass is 79.9. The fraction of sp³-hybridized carbons (Fsp3) is 0.538. The van der Waals surface area contributed by atoms with Crippen molar-refractivity contribution >= 4 is 21.6 Å². The van der Waals surface area contributed by atoms with Crippen molar-refractivity contribution < 1.29 is 4.92 Å². The maximum atomic E-state index is 10.8. The second kappa shape index (κ2) is 5.80. The summed E-state index contributed by atoms with van der Waals surface area (Å²) >= 11 is 3.31. The Labute approximate surface area is 115 Å². The van der Waals surface area contributed by atoms with Gasteiger partial charge in [-0.15, -0.1) is 0 Å². The molecule has 0 amide bonds. The Morgan fingerprint density at radius 1 is 1.50 bits per heavy atom. The molecule has 0 heterocycles. The quantitative estimate of drug-likeness (QED) is 0.667. The van der Waals surface area contributed by atoms with Crippen LogP contribution in [0.2, 0.25) is 0 Å². The maximum absolute atomic E-state index is 10.8. The molecule has 0 spiro atoms. The van der Waals surface area contributed by atoms with Gasteiger partial charge in [-0.2, -0.15) is 0 Å². The van der Waals surface area contributed by atoms with Crippen LogP contribution in [0, 0.1) is 16.0 Å². The molecule has 0 aromatic heterocycles. The van der Waals surface area contributed by atoms with Gasteiger partial charge < -0.3 is 5.32 Å². The Balaban J connectivity index is 1.97. The molecule has 5 heteroatoms. The third-order valence-electron chi connectivity index (χ3n) is 3.64. The summed E-state index contributed by atoms with van der Waals surface area (Å²) in [6, 6.07) is 5.56. The van der Waals surface area contributed by atoms with E-state index >= 15 is 0 Å². The number of halogens is 1. The van der Waals surface area contributed by atoms with Gasteiger partial charge in [0.05, 0.1) is 4.92 Å². The first-order valence-electron chi connectivity index (χ1n) is 6.23. The molecule has 1 aliphatic carbocycles. The van der Waals surface area contributed by atoms with Crippen molar-refractivity contribution in [3.05, 3.63) is 38.3 Å². The minimum Gasteiger partial charge on any atom is -0.310 e. The van der Waals surface area contributed by atoms with E-state index in [9.17, 15) is 10.1 Å². The topological polar surface area (TPSA) is 55.2 Å². The molecule has 1 aromatic carbocycles. The highest BCUT2D eigenvalue weighted by Crippen LogP contribution is 2.29. The molecule has 98 valence electrons. The van der Waals surface area contributed by atoms with Gasteiger partial charge in [-0.3, -0.25) is 10.1 Å². The maximum Gasteiger partial charge on any atom is 0.270 e. The van der Waals surface area contributed by atoms with E-state index in [-0.39, 0.29) is 10.6 Å². The van der Waals surface area contributed by atoms with E-state index in [0.29, 0.717) is 12.6 Å². The van der Waals surface area contributed by atoms with E-state index in [2.05, 4.69) is 28.2 Å². The Kier molecular flexibility index (Phi) is 4.35. The fourth-order valence-corrected chi connectivity index (χ4v) is 2.75. The van der Waals surface area contributed by atoms with Gasteiger partial charge >= 0.3 is 0 Å². The van der Waals surface area contributed by atoms with Crippen molar-refractivity contribution in [1.82, 2.24) is 5.32 Å². The van der Waals surface area contributed by atoms with Crippen LogP contribution >= 0.6 is 15.9 Å². The highest BCUT2D eigenvalue weighted by Gasteiger charge is 2.23. The Bertz CT molecular complexity index is 447. The summed E-state index contributed by atoms with van der Waals surface area (Å²) in [5.41, 5.74) is 1.08. The molecule has 0 saturated heterocycles. The van der Waals surface area contributed by atoms with E-state index in [1.807, 2.05) is 6.07 Å². The van der Waals surface area contributed by atoms with Crippen LogP contribution in [0.1, 0.15) is 31.7 Å². The molecule has 2 rings (SSSR count). The van der Waals surface area contributed by atoms with Crippen LogP contribution < -0.4 is 5.32 Å². The van der Waals surface area contributed by atoms with Crippen molar-refractivity contribution in [1.29, 1.82) is 0 Å². The lowest BCUT2D eigenvalue weighted by molar-refractivity contribution is -0.385. The van der Waals surface area contributed by atoms with Gasteiger partial charge in [-0.25, -0.2) is 0 Å². The van der Waals surface area contributed by atoms with Crippen LogP contribution in [0.5, 0.6) is 0 Å². The first kappa shape index (κ1) is 13.5. The summed E-state index contributed by atoms with van der Waals surface area (Å²) in [6.45, 7) is 2.87. The lowest BCUT2D eigenvalue weighted by Gasteiger charge is -2.32. The molecule has 1 N–H and O–H groups in total. The lowest BCUT2D eigenvalue weighted by Crippen LogP contribution is -2.36. The summed E-state index contributed by atoms with van der Waals surface area (Å²) < 4.78 is 0.754. The second-order valence-corrected chi connectivity index (χ2v) is 5.85. The number of nitro groups is 1. The van der Waals surface area contributed by atoms with Gasteiger partial charge in [0.15, 0.2) is 0 Å². The SMILES string of the molecule is CC(NCc1cc(Br)cc([N+](=O)[O-])c1)C1CCC1. The van der Waals surface area contributed by atoms with Crippen molar-refractivity contribution in [2.24, 2.45) is 5.92 Å². The number of nitro benzene ring substituents is 1. The summed E-state index contributed by atoms with van der Waals surface area (Å²) in [7, 11) is 0. The van der Waals surface area contributed by atoms with Crippen LogP contribution in [0.4, 0.5) is 5.69 Å². The van der Waals surface area contributed by atoms with Crippen LogP contribution in [0.25, 0.3) is 0 Å². The van der Waals surface area contributed by atoms with Gasteiger partial charge in [0.2, 0.25) is 0 Å². The summed E-state index contributed by atoms with van der Waals surface area (Å²) in [6.07, 6.45) is 3.93. The van der Waals surface area contributed by atoms with E-state index < -0.39 is 0 Å². The van der Waals surface area contributed by atoms with E-state index in [1.54, 1.807) is 6.07 Å². The summed E-state index contributed by atoms with van der Waals surface area (Å²) in [4.78, 5) is 10.4. The number of hydrogen-bond donors (Lipinski definition) is 1. The number of benzene rings is 1. The smallest absolute Gasteiger partial charge is 0.270 e. The molecule has 1 fully saturated rings. The van der Waals surface area contributed by atoms with Crippen LogP contribution in [0.15, 0.2) is 22.7 Å². The zero-order valence-corrected chi connectivity index (χ0v) is 11.9. The minimum atomic E-state index is -0.358. The Hall–Kier alpha value is -0.940. The molecule has 1 atom stereocenters. The Morgan fingerprint density at radius 2 is 2.22 bits per heavy atom. The number of nitrogens with one attached hydrogen (secondary N) is 1. The molecule has 0 bridgehead atoms. The van der Waals surface area contributed by atoms with Crippen molar-refractivity contribution in [3.63, 3.8) is 0 Å². The molecular weight excluding hydrogens is 296 g/mol. The molecule has 1 aromatic rings. The summed E-state index contributed by atoms with van der Waals surface area (Å²) in [5.74, 6) is 0.770. The van der Waals surface area contributed by atoms with Crippen molar-refractivity contribution in [3.8, 4) is 0 Å². The average molecular weight is 313 g/mol. The van der Waals surface area contributed by atoms with Gasteiger partial charge in [0, 0.05) is 29.2 Å². The van der Waals surface area contributed by atoms with Gasteiger partial charge in [0.1, 0.15) is 0 Å². The fourth-order valence-electron chi connectivity index (χ4n) is 2.23. The van der Waals surface area contributed by atoms with Crippen LogP contribution in [-0.2, 0) is 6.54 Å². The van der Waals surface area contributed by atoms with Crippen molar-refractivity contribution in [2.45, 2.75) is 38.8 Å². The largest absolute Gasteiger partial charge is 0.310 e. The first-order chi connectivity index (χ1) is 8.56. The molecule has 1 aliphatic rings. The molecule has 18 heavy (non-hydrogen) atoms. The van der Waals surface area contributed by atoms with Crippen molar-refractivity contribution in [2.75, 3.05) is 0 Å². The van der Waals surface area contributed by atoms with Gasteiger partial charge in [0.25, 0.3) is 5.69 Å². The number of nitrogens with zero attached hydrogens (tertiary/aromatic N) is 1. The zero-order valence-electron chi connectivity index (χ0n) is 10.4. The van der Waals surface area contributed by atoms with E-state index in [0.717, 1.165) is 16.0 Å². The third kappa shape index (κ3) is 3.29. The predicted molar refractivity (Wildman–Crippen MR) is 74.4 cm³/mol. The molecule has 1 saturated carbocycles.